The van der Waals surface area contributed by atoms with Crippen LogP contribution in [0.25, 0.3) is 5.57 Å². The molecule has 4 amide bonds. The minimum atomic E-state index is -0.470. The highest BCUT2D eigenvalue weighted by molar-refractivity contribution is 7.99. The number of alkyl halides is 1. The summed E-state index contributed by atoms with van der Waals surface area (Å²) < 4.78 is 2.85. The molecule has 0 spiro atoms. The number of rotatable bonds is 14. The number of hydrogen-bond donors (Lipinski definition) is 6. The van der Waals surface area contributed by atoms with Gasteiger partial charge in [0.05, 0.1) is 11.4 Å². The number of thioether (sulfide) groups is 1. The van der Waals surface area contributed by atoms with E-state index in [9.17, 15) is 19.2 Å². The average molecular weight is 683 g/mol. The second-order valence-electron chi connectivity index (χ2n) is 10.9. The standard InChI is InChI=1S/C31H36ClN9O5S/c1-19-11-20(5-6-27(19)47-10-8-32)21-12-26(41(4,17-21)35-18-42)31(45)37-23-14-25(40(3)16-23)30(44)36-22-13-24(39(2)15-22)29(43)34-9-7-28(33)38-46/h5-6,11-18H,7-10H2,1-4H3,(H6-,33,34,35,36,37,38,42,43,44,45,46)/p+1. The van der Waals surface area contributed by atoms with Crippen LogP contribution in [-0.4, -0.2) is 74.1 Å². The third-order valence-electron chi connectivity index (χ3n) is 7.37. The van der Waals surface area contributed by atoms with E-state index in [0.29, 0.717) is 29.4 Å². The van der Waals surface area contributed by atoms with Gasteiger partial charge < -0.3 is 36.0 Å². The molecule has 0 saturated carbocycles. The Kier molecular flexibility index (Phi) is 11.2. The first-order valence-electron chi connectivity index (χ1n) is 14.4. The Morgan fingerprint density at radius 3 is 2.28 bits per heavy atom. The molecule has 3 aromatic rings. The molecule has 0 aliphatic carbocycles. The summed E-state index contributed by atoms with van der Waals surface area (Å²) in [5.41, 5.74) is 12.4. The summed E-state index contributed by atoms with van der Waals surface area (Å²) in [7, 11) is 5.00. The molecule has 0 fully saturated rings. The van der Waals surface area contributed by atoms with Crippen LogP contribution in [0.15, 0.2) is 70.7 Å². The first kappa shape index (κ1) is 34.9. The Labute approximate surface area is 280 Å². The van der Waals surface area contributed by atoms with Crippen molar-refractivity contribution in [2.45, 2.75) is 18.2 Å². The summed E-state index contributed by atoms with van der Waals surface area (Å²) in [6, 6.07) is 9.05. The van der Waals surface area contributed by atoms with Crippen LogP contribution >= 0.6 is 23.4 Å². The van der Waals surface area contributed by atoms with Gasteiger partial charge in [-0.25, -0.2) is 0 Å². The summed E-state index contributed by atoms with van der Waals surface area (Å²) in [5, 5.41) is 19.8. The van der Waals surface area contributed by atoms with Crippen molar-refractivity contribution in [1.82, 2.24) is 19.9 Å². The molecule has 1 aliphatic heterocycles. The zero-order valence-electron chi connectivity index (χ0n) is 26.3. The van der Waals surface area contributed by atoms with Crippen molar-refractivity contribution in [2.24, 2.45) is 25.0 Å². The maximum Gasteiger partial charge on any atom is 0.312 e. The smallest absolute Gasteiger partial charge is 0.312 e. The van der Waals surface area contributed by atoms with Crippen molar-refractivity contribution in [3.8, 4) is 0 Å². The van der Waals surface area contributed by atoms with Crippen LogP contribution in [0, 0.1) is 6.92 Å². The number of quaternary nitrogens is 1. The van der Waals surface area contributed by atoms with Crippen LogP contribution in [0.5, 0.6) is 0 Å². The number of anilines is 2. The summed E-state index contributed by atoms with van der Waals surface area (Å²) >= 11 is 7.51. The van der Waals surface area contributed by atoms with Gasteiger partial charge in [-0.3, -0.25) is 19.2 Å². The van der Waals surface area contributed by atoms with Crippen LogP contribution in [0.4, 0.5) is 11.4 Å². The lowest BCUT2D eigenvalue weighted by atomic mass is 10.0. The van der Waals surface area contributed by atoms with E-state index < -0.39 is 17.7 Å². The van der Waals surface area contributed by atoms with E-state index in [-0.39, 0.29) is 34.8 Å². The number of allylic oxidation sites excluding steroid dienone is 2. The number of nitrogens with two attached hydrogens (primary N) is 1. The number of likely N-dealkylation sites (N-methyl/N-ethyl adjacent to an activating group) is 1. The molecule has 1 aliphatic rings. The number of nitrogens with one attached hydrogen (secondary N) is 4. The number of carbonyl (C=O) groups is 4. The quantitative estimate of drug-likeness (QED) is 0.0220. The first-order chi connectivity index (χ1) is 22.4. The topological polar surface area (TPSA) is 185 Å². The van der Waals surface area contributed by atoms with Crippen LogP contribution in [-0.2, 0) is 23.7 Å². The normalized spacial score (nSPS) is 15.9. The third-order valence-corrected chi connectivity index (χ3v) is 8.96. The van der Waals surface area contributed by atoms with Gasteiger partial charge in [0.2, 0.25) is 5.70 Å². The number of amides is 4. The number of halogens is 1. The van der Waals surface area contributed by atoms with E-state index in [2.05, 4.69) is 26.5 Å². The number of benzene rings is 1. The van der Waals surface area contributed by atoms with Gasteiger partial charge >= 0.3 is 5.91 Å². The Morgan fingerprint density at radius 1 is 1.04 bits per heavy atom. The maximum atomic E-state index is 13.6. The lowest BCUT2D eigenvalue weighted by Gasteiger charge is -2.25. The van der Waals surface area contributed by atoms with E-state index >= 15 is 0 Å². The molecule has 4 rings (SSSR count). The zero-order valence-corrected chi connectivity index (χ0v) is 27.9. The Hall–Kier alpha value is -4.99. The summed E-state index contributed by atoms with van der Waals surface area (Å²) in [6.45, 7) is 2.18. The maximum absolute atomic E-state index is 13.6. The summed E-state index contributed by atoms with van der Waals surface area (Å²) in [5.74, 6) is 0.000654. The molecule has 1 unspecified atom stereocenters. The van der Waals surface area contributed by atoms with Gasteiger partial charge in [-0.05, 0) is 36.2 Å². The van der Waals surface area contributed by atoms with Crippen molar-refractivity contribution in [1.29, 1.82) is 0 Å². The average Bonchev–Trinajstić information content (AvgIpc) is 3.70. The minimum absolute atomic E-state index is 0.00952. The minimum Gasteiger partial charge on any atom is -0.409 e. The number of aryl methyl sites for hydroxylation is 3. The molecule has 248 valence electrons. The van der Waals surface area contributed by atoms with Crippen LogP contribution < -0.4 is 27.1 Å². The number of aromatic nitrogens is 2. The van der Waals surface area contributed by atoms with E-state index in [1.165, 1.54) is 12.1 Å². The SMILES string of the molecule is Cc1cc(C2=C[N+](C)(NC=O)C(C(=O)Nc3cc(C(=O)Nc4cc(C(=O)NCCC(N)=NO)n(C)c4)n(C)c3)=C2)ccc1SCCCl. The largest absolute Gasteiger partial charge is 0.409 e. The molecule has 7 N–H and O–H groups in total. The van der Waals surface area contributed by atoms with Crippen LogP contribution in [0.3, 0.4) is 0 Å². The molecule has 0 bridgehead atoms. The Balaban J connectivity index is 1.46. The molecule has 2 aromatic heterocycles. The summed E-state index contributed by atoms with van der Waals surface area (Å²) in [6.07, 6.45) is 7.39. The molecule has 47 heavy (non-hydrogen) atoms. The molecular weight excluding hydrogens is 646 g/mol. The van der Waals surface area contributed by atoms with Crippen LogP contribution in [0.1, 0.15) is 38.5 Å². The van der Waals surface area contributed by atoms with Gasteiger partial charge in [-0.1, -0.05) is 17.3 Å². The second-order valence-corrected chi connectivity index (χ2v) is 12.4. The van der Waals surface area contributed by atoms with Crippen molar-refractivity contribution in [3.63, 3.8) is 0 Å². The third kappa shape index (κ3) is 8.24. The predicted molar refractivity (Wildman–Crippen MR) is 182 cm³/mol. The fraction of sp³-hybridized carbons (Fsp3) is 0.258. The lowest BCUT2D eigenvalue weighted by molar-refractivity contribution is -0.849. The fourth-order valence-electron chi connectivity index (χ4n) is 5.01. The number of carbonyl (C=O) groups excluding carboxylic acids is 4. The molecule has 3 heterocycles. The van der Waals surface area contributed by atoms with Gasteiger partial charge in [-0.2, -0.15) is 10.0 Å². The van der Waals surface area contributed by atoms with Crippen molar-refractivity contribution in [2.75, 3.05) is 35.9 Å². The van der Waals surface area contributed by atoms with Gasteiger partial charge in [0.15, 0.2) is 0 Å². The van der Waals surface area contributed by atoms with Crippen molar-refractivity contribution >= 4 is 70.3 Å². The van der Waals surface area contributed by atoms with Crippen LogP contribution in [0.2, 0.25) is 0 Å². The fourth-order valence-corrected chi connectivity index (χ4v) is 5.99. The molecule has 1 aromatic carbocycles. The van der Waals surface area contributed by atoms with Gasteiger partial charge in [-0.15, -0.1) is 23.4 Å². The number of hydrogen-bond acceptors (Lipinski definition) is 7. The highest BCUT2D eigenvalue weighted by atomic mass is 35.5. The molecule has 16 heteroatoms. The zero-order chi connectivity index (χ0) is 34.3. The van der Waals surface area contributed by atoms with E-state index in [1.807, 2.05) is 25.1 Å². The highest BCUT2D eigenvalue weighted by Gasteiger charge is 2.38. The predicted octanol–water partition coefficient (Wildman–Crippen LogP) is 3.11. The van der Waals surface area contributed by atoms with E-state index in [1.54, 1.807) is 66.7 Å². The Morgan fingerprint density at radius 2 is 1.68 bits per heavy atom. The van der Waals surface area contributed by atoms with Gasteiger partial charge in [0, 0.05) is 67.6 Å². The van der Waals surface area contributed by atoms with Gasteiger partial charge in [0.25, 0.3) is 18.2 Å². The lowest BCUT2D eigenvalue weighted by Crippen LogP contribution is -2.50. The number of nitrogens with zero attached hydrogens (tertiary/aromatic N) is 4. The summed E-state index contributed by atoms with van der Waals surface area (Å²) in [4.78, 5) is 51.9. The van der Waals surface area contributed by atoms with Gasteiger partial charge in [0.1, 0.15) is 30.5 Å². The number of oxime groups is 1. The Bertz CT molecular complexity index is 1790. The molecule has 0 radical (unpaired) electrons. The number of amidine groups is 1. The monoisotopic (exact) mass is 682 g/mol. The second kappa shape index (κ2) is 15.1. The first-order valence-corrected chi connectivity index (χ1v) is 15.9. The van der Waals surface area contributed by atoms with E-state index in [0.717, 1.165) is 27.3 Å². The molecule has 14 nitrogen and oxygen atoms in total. The van der Waals surface area contributed by atoms with E-state index in [4.69, 9.17) is 22.5 Å². The van der Waals surface area contributed by atoms with Crippen molar-refractivity contribution < 1.29 is 29.0 Å². The van der Waals surface area contributed by atoms with Crippen molar-refractivity contribution in [3.05, 3.63) is 83.2 Å². The molecular formula is C31H37ClN9O5S+. The molecule has 1 atom stereocenters. The molecule has 0 saturated heterocycles. The highest BCUT2D eigenvalue weighted by Crippen LogP contribution is 2.33.